The predicted octanol–water partition coefficient (Wildman–Crippen LogP) is 6.62. The van der Waals surface area contributed by atoms with Crippen LogP contribution in [0.4, 0.5) is 0 Å². The molecule has 0 saturated carbocycles. The molecule has 9 heteroatoms. The molecule has 1 N–H and O–H groups in total. The Labute approximate surface area is 275 Å². The summed E-state index contributed by atoms with van der Waals surface area (Å²) in [5.74, 6) is -1.50. The molecule has 3 aromatic carbocycles. The lowest BCUT2D eigenvalue weighted by molar-refractivity contribution is -0.155. The van der Waals surface area contributed by atoms with E-state index in [9.17, 15) is 14.4 Å². The van der Waals surface area contributed by atoms with Crippen molar-refractivity contribution >= 4 is 41.0 Å². The molecule has 0 radical (unpaired) electrons. The van der Waals surface area contributed by atoms with E-state index < -0.39 is 17.4 Å². The first-order chi connectivity index (χ1) is 21.7. The molecule has 2 aliphatic rings. The molecule has 238 valence electrons. The molecule has 2 heterocycles. The number of ether oxygens (including phenoxy) is 1. The van der Waals surface area contributed by atoms with Gasteiger partial charge in [-0.15, -0.1) is 0 Å². The van der Waals surface area contributed by atoms with Gasteiger partial charge in [0.25, 0.3) is 5.91 Å². The fourth-order valence-corrected chi connectivity index (χ4v) is 7.28. The number of likely N-dealkylation sites (tertiary alicyclic amines) is 2. The quantitative estimate of drug-likeness (QED) is 0.208. The smallest absolute Gasteiger partial charge is 0.396 e. The molecular formula is C36H41Cl2N3O4. The molecule has 45 heavy (non-hydrogen) atoms. The second kappa shape index (κ2) is 14.8. The van der Waals surface area contributed by atoms with Crippen molar-refractivity contribution in [2.24, 2.45) is 0 Å². The number of esters is 1. The van der Waals surface area contributed by atoms with E-state index in [-0.39, 0.29) is 17.9 Å². The third kappa shape index (κ3) is 7.71. The van der Waals surface area contributed by atoms with Crippen molar-refractivity contribution in [2.75, 3.05) is 39.3 Å². The van der Waals surface area contributed by atoms with Gasteiger partial charge in [-0.3, -0.25) is 9.59 Å². The molecular weight excluding hydrogens is 609 g/mol. The van der Waals surface area contributed by atoms with Gasteiger partial charge in [0.15, 0.2) is 0 Å². The van der Waals surface area contributed by atoms with Crippen LogP contribution in [-0.2, 0) is 25.3 Å². The molecule has 1 atom stereocenters. The van der Waals surface area contributed by atoms with E-state index in [4.69, 9.17) is 27.9 Å². The molecule has 2 aliphatic heterocycles. The first-order valence-corrected chi connectivity index (χ1v) is 16.6. The van der Waals surface area contributed by atoms with Crippen LogP contribution in [0.5, 0.6) is 0 Å². The van der Waals surface area contributed by atoms with Crippen molar-refractivity contribution in [3.05, 3.63) is 106 Å². The molecule has 3 aromatic rings. The molecule has 0 bridgehead atoms. The highest BCUT2D eigenvalue weighted by atomic mass is 35.5. The number of carbonyl (C=O) groups is 3. The number of nitrogens with zero attached hydrogens (tertiary/aromatic N) is 2. The Bertz CT molecular complexity index is 1480. The summed E-state index contributed by atoms with van der Waals surface area (Å²) in [7, 11) is 0. The highest BCUT2D eigenvalue weighted by molar-refractivity contribution is 6.42. The number of hydrogen-bond donors (Lipinski definition) is 1. The lowest BCUT2D eigenvalue weighted by atomic mass is 9.70. The van der Waals surface area contributed by atoms with Gasteiger partial charge in [0, 0.05) is 37.2 Å². The number of amides is 2. The van der Waals surface area contributed by atoms with Gasteiger partial charge >= 0.3 is 11.9 Å². The van der Waals surface area contributed by atoms with Crippen LogP contribution in [-0.4, -0.2) is 66.9 Å². The maximum atomic E-state index is 13.5. The number of hydrogen-bond acceptors (Lipinski definition) is 5. The fourth-order valence-electron chi connectivity index (χ4n) is 6.99. The van der Waals surface area contributed by atoms with Crippen molar-refractivity contribution in [3.8, 4) is 0 Å². The van der Waals surface area contributed by atoms with Gasteiger partial charge in [-0.05, 0) is 87.4 Å². The monoisotopic (exact) mass is 649 g/mol. The van der Waals surface area contributed by atoms with E-state index >= 15 is 0 Å². The van der Waals surface area contributed by atoms with Crippen LogP contribution in [0.1, 0.15) is 66.9 Å². The minimum atomic E-state index is -0.852. The van der Waals surface area contributed by atoms with E-state index in [0.717, 1.165) is 63.0 Å². The van der Waals surface area contributed by atoms with Gasteiger partial charge < -0.3 is 19.9 Å². The Kier molecular flexibility index (Phi) is 10.9. The zero-order valence-corrected chi connectivity index (χ0v) is 27.3. The lowest BCUT2D eigenvalue weighted by Gasteiger charge is -2.45. The van der Waals surface area contributed by atoms with Gasteiger partial charge in [-0.1, -0.05) is 77.8 Å². The van der Waals surface area contributed by atoms with E-state index in [1.807, 2.05) is 77.7 Å². The fraction of sp³-hybridized carbons (Fsp3) is 0.417. The zero-order chi connectivity index (χ0) is 31.9. The second-order valence-corrected chi connectivity index (χ2v) is 13.0. The number of benzene rings is 3. The third-order valence-electron chi connectivity index (χ3n) is 9.40. The SMILES string of the molecule is CCOC(=O)C(=O)NC1(c2ccccc2)CCN(CCCC2(c3ccc(Cl)c(Cl)c3)CCCN(C(=O)c3ccccc3)C2)CC1. The molecule has 0 spiro atoms. The second-order valence-electron chi connectivity index (χ2n) is 12.2. The minimum absolute atomic E-state index is 0.0536. The zero-order valence-electron chi connectivity index (χ0n) is 25.8. The van der Waals surface area contributed by atoms with Crippen molar-refractivity contribution in [3.63, 3.8) is 0 Å². The lowest BCUT2D eigenvalue weighted by Crippen LogP contribution is -2.55. The Morgan fingerprint density at radius 2 is 1.53 bits per heavy atom. The van der Waals surface area contributed by atoms with Crippen LogP contribution in [0.25, 0.3) is 0 Å². The van der Waals surface area contributed by atoms with E-state index in [1.165, 1.54) is 0 Å². The maximum Gasteiger partial charge on any atom is 0.396 e. The Morgan fingerprint density at radius 3 is 2.20 bits per heavy atom. The van der Waals surface area contributed by atoms with Crippen molar-refractivity contribution in [1.29, 1.82) is 0 Å². The first-order valence-electron chi connectivity index (χ1n) is 15.8. The number of carbonyl (C=O) groups excluding carboxylic acids is 3. The molecule has 1 unspecified atom stereocenters. The Hall–Kier alpha value is -3.39. The van der Waals surface area contributed by atoms with Crippen LogP contribution in [0.15, 0.2) is 78.9 Å². The number of halogens is 2. The van der Waals surface area contributed by atoms with E-state index in [1.54, 1.807) is 6.92 Å². The summed E-state index contributed by atoms with van der Waals surface area (Å²) in [6.07, 6.45) is 5.05. The summed E-state index contributed by atoms with van der Waals surface area (Å²) in [6.45, 7) is 5.62. The van der Waals surface area contributed by atoms with Crippen LogP contribution < -0.4 is 5.32 Å². The summed E-state index contributed by atoms with van der Waals surface area (Å²) >= 11 is 12.8. The van der Waals surface area contributed by atoms with E-state index in [2.05, 4.69) is 16.3 Å². The van der Waals surface area contributed by atoms with Crippen LogP contribution >= 0.6 is 23.2 Å². The average molecular weight is 651 g/mol. The van der Waals surface area contributed by atoms with Gasteiger partial charge in [-0.2, -0.15) is 0 Å². The van der Waals surface area contributed by atoms with Gasteiger partial charge in [0.1, 0.15) is 0 Å². The number of rotatable bonds is 9. The maximum absolute atomic E-state index is 13.5. The van der Waals surface area contributed by atoms with Crippen molar-refractivity contribution < 1.29 is 19.1 Å². The standard InChI is InChI=1S/C36H41Cl2N3O4/c1-2-45-34(44)32(42)39-36(28-13-7-4-8-14-28)19-23-40(24-20-36)21-9-17-35(29-15-16-30(37)31(38)25-29)18-10-22-41(26-35)33(43)27-11-5-3-6-12-27/h3-8,11-16,25H,2,9-10,17-24,26H2,1H3,(H,39,42). The molecule has 7 nitrogen and oxygen atoms in total. The normalized spacial score (nSPS) is 19.9. The van der Waals surface area contributed by atoms with Gasteiger partial charge in [-0.25, -0.2) is 4.79 Å². The first kappa shape index (κ1) is 33.0. The molecule has 2 amide bonds. The third-order valence-corrected chi connectivity index (χ3v) is 10.1. The predicted molar refractivity (Wildman–Crippen MR) is 178 cm³/mol. The summed E-state index contributed by atoms with van der Waals surface area (Å²) in [4.78, 5) is 42.9. The van der Waals surface area contributed by atoms with Crippen LogP contribution in [0, 0.1) is 0 Å². The summed E-state index contributed by atoms with van der Waals surface area (Å²) in [5.41, 5.74) is 1.93. The van der Waals surface area contributed by atoms with Crippen molar-refractivity contribution in [1.82, 2.24) is 15.1 Å². The number of piperidine rings is 2. The van der Waals surface area contributed by atoms with Crippen molar-refractivity contribution in [2.45, 2.75) is 56.4 Å². The molecule has 5 rings (SSSR count). The van der Waals surface area contributed by atoms with Gasteiger partial charge in [0.2, 0.25) is 0 Å². The van der Waals surface area contributed by atoms with Crippen LogP contribution in [0.2, 0.25) is 10.0 Å². The van der Waals surface area contributed by atoms with Crippen LogP contribution in [0.3, 0.4) is 0 Å². The average Bonchev–Trinajstić information content (AvgIpc) is 3.07. The topological polar surface area (TPSA) is 79.0 Å². The molecule has 0 aromatic heterocycles. The van der Waals surface area contributed by atoms with E-state index in [0.29, 0.717) is 35.0 Å². The summed E-state index contributed by atoms with van der Waals surface area (Å²) in [6, 6.07) is 25.2. The van der Waals surface area contributed by atoms with Gasteiger partial charge in [0.05, 0.1) is 22.2 Å². The highest BCUT2D eigenvalue weighted by Gasteiger charge is 2.41. The Morgan fingerprint density at radius 1 is 0.844 bits per heavy atom. The number of nitrogens with one attached hydrogen (secondary N) is 1. The molecule has 0 aliphatic carbocycles. The summed E-state index contributed by atoms with van der Waals surface area (Å²) in [5, 5.41) is 4.08. The highest BCUT2D eigenvalue weighted by Crippen LogP contribution is 2.41. The summed E-state index contributed by atoms with van der Waals surface area (Å²) < 4.78 is 4.96. The largest absolute Gasteiger partial charge is 0.459 e. The Balaban J connectivity index is 1.28. The molecule has 2 fully saturated rings. The molecule has 2 saturated heterocycles. The minimum Gasteiger partial charge on any atom is -0.459 e.